The second-order valence-corrected chi connectivity index (χ2v) is 6.14. The summed E-state index contributed by atoms with van der Waals surface area (Å²) in [4.78, 5) is 8.72. The standard InChI is InChI=1S/C20H21ClN4O2/c1-26-17-6-4-3-5-14(17)9-11-22-19-10-12-23-20(25-19)24-15-7-8-18(27-2)16(21)13-15/h3-8,10,12-13H,9,11H2,1-2H3,(H2,22,23,24,25). The molecule has 0 unspecified atom stereocenters. The van der Waals surface area contributed by atoms with E-state index in [1.54, 1.807) is 32.5 Å². The van der Waals surface area contributed by atoms with E-state index in [4.69, 9.17) is 21.1 Å². The third-order valence-corrected chi connectivity index (χ3v) is 4.25. The molecule has 0 radical (unpaired) electrons. The maximum atomic E-state index is 6.15. The van der Waals surface area contributed by atoms with Gasteiger partial charge in [0.05, 0.1) is 19.2 Å². The topological polar surface area (TPSA) is 68.3 Å². The van der Waals surface area contributed by atoms with Crippen molar-refractivity contribution in [3.8, 4) is 11.5 Å². The SMILES string of the molecule is COc1ccc(Nc2nccc(NCCc3ccccc3OC)n2)cc1Cl. The van der Waals surface area contributed by atoms with Crippen LogP contribution in [0.4, 0.5) is 17.5 Å². The molecule has 2 N–H and O–H groups in total. The minimum Gasteiger partial charge on any atom is -0.496 e. The fourth-order valence-electron chi connectivity index (χ4n) is 2.63. The molecule has 27 heavy (non-hydrogen) atoms. The molecule has 0 spiro atoms. The van der Waals surface area contributed by atoms with Crippen molar-refractivity contribution in [2.24, 2.45) is 0 Å². The quantitative estimate of drug-likeness (QED) is 0.594. The van der Waals surface area contributed by atoms with Gasteiger partial charge in [0.1, 0.15) is 17.3 Å². The van der Waals surface area contributed by atoms with E-state index in [0.717, 1.165) is 35.8 Å². The van der Waals surface area contributed by atoms with Gasteiger partial charge in [-0.15, -0.1) is 0 Å². The van der Waals surface area contributed by atoms with Gasteiger partial charge >= 0.3 is 0 Å². The molecule has 7 heteroatoms. The predicted molar refractivity (Wildman–Crippen MR) is 109 cm³/mol. The number of para-hydroxylation sites is 1. The zero-order valence-electron chi connectivity index (χ0n) is 15.2. The molecule has 0 saturated heterocycles. The molecule has 0 bridgehead atoms. The second kappa shape index (κ2) is 9.09. The molecule has 1 heterocycles. The lowest BCUT2D eigenvalue weighted by Crippen LogP contribution is -2.08. The molecule has 3 rings (SSSR count). The number of anilines is 3. The molecular formula is C20H21ClN4O2. The molecule has 0 aliphatic heterocycles. The number of nitrogens with one attached hydrogen (secondary N) is 2. The van der Waals surface area contributed by atoms with Crippen LogP contribution >= 0.6 is 11.6 Å². The van der Waals surface area contributed by atoms with Crippen molar-refractivity contribution in [3.05, 3.63) is 65.3 Å². The first-order chi connectivity index (χ1) is 13.2. The van der Waals surface area contributed by atoms with Crippen LogP contribution in [0, 0.1) is 0 Å². The molecule has 0 aliphatic carbocycles. The highest BCUT2D eigenvalue weighted by Crippen LogP contribution is 2.28. The first-order valence-electron chi connectivity index (χ1n) is 8.49. The third kappa shape index (κ3) is 5.01. The van der Waals surface area contributed by atoms with Gasteiger partial charge in [0.2, 0.25) is 5.95 Å². The minimum absolute atomic E-state index is 0.485. The highest BCUT2D eigenvalue weighted by atomic mass is 35.5. The first kappa shape index (κ1) is 18.8. The van der Waals surface area contributed by atoms with Crippen molar-refractivity contribution in [1.82, 2.24) is 9.97 Å². The fourth-order valence-corrected chi connectivity index (χ4v) is 2.88. The predicted octanol–water partition coefficient (Wildman–Crippen LogP) is 4.55. The number of halogens is 1. The number of hydrogen-bond acceptors (Lipinski definition) is 6. The summed E-state index contributed by atoms with van der Waals surface area (Å²) in [7, 11) is 3.26. The van der Waals surface area contributed by atoms with E-state index in [-0.39, 0.29) is 0 Å². The molecule has 140 valence electrons. The van der Waals surface area contributed by atoms with Gasteiger partial charge in [-0.05, 0) is 42.3 Å². The van der Waals surface area contributed by atoms with Gasteiger partial charge in [0, 0.05) is 18.4 Å². The maximum Gasteiger partial charge on any atom is 0.229 e. The lowest BCUT2D eigenvalue weighted by Gasteiger charge is -2.11. The number of hydrogen-bond donors (Lipinski definition) is 2. The summed E-state index contributed by atoms with van der Waals surface area (Å²) in [6.07, 6.45) is 2.52. The number of rotatable bonds is 8. The third-order valence-electron chi connectivity index (χ3n) is 3.96. The molecule has 1 aromatic heterocycles. The van der Waals surface area contributed by atoms with E-state index in [2.05, 4.69) is 26.7 Å². The Hall–Kier alpha value is -2.99. The van der Waals surface area contributed by atoms with Crippen molar-refractivity contribution in [2.45, 2.75) is 6.42 Å². The van der Waals surface area contributed by atoms with Gasteiger partial charge < -0.3 is 20.1 Å². The van der Waals surface area contributed by atoms with Gasteiger partial charge in [0.25, 0.3) is 0 Å². The lowest BCUT2D eigenvalue weighted by molar-refractivity contribution is 0.410. The molecular weight excluding hydrogens is 364 g/mol. The van der Waals surface area contributed by atoms with Crippen molar-refractivity contribution in [1.29, 1.82) is 0 Å². The Balaban J connectivity index is 1.61. The summed E-state index contributed by atoms with van der Waals surface area (Å²) in [6.45, 7) is 0.727. The van der Waals surface area contributed by atoms with Crippen molar-refractivity contribution < 1.29 is 9.47 Å². The van der Waals surface area contributed by atoms with Gasteiger partial charge in [0.15, 0.2) is 0 Å². The highest BCUT2D eigenvalue weighted by Gasteiger charge is 2.05. The van der Waals surface area contributed by atoms with Crippen LogP contribution in [0.3, 0.4) is 0 Å². The Morgan fingerprint density at radius 2 is 1.81 bits per heavy atom. The molecule has 6 nitrogen and oxygen atoms in total. The highest BCUT2D eigenvalue weighted by molar-refractivity contribution is 6.32. The summed E-state index contributed by atoms with van der Waals surface area (Å²) >= 11 is 6.15. The number of aromatic nitrogens is 2. The van der Waals surface area contributed by atoms with Crippen LogP contribution in [0.1, 0.15) is 5.56 Å². The molecule has 3 aromatic rings. The van der Waals surface area contributed by atoms with Crippen LogP contribution in [0.25, 0.3) is 0 Å². The smallest absolute Gasteiger partial charge is 0.229 e. The number of nitrogens with zero attached hydrogens (tertiary/aromatic N) is 2. The average Bonchev–Trinajstić information content (AvgIpc) is 2.69. The average molecular weight is 385 g/mol. The summed E-state index contributed by atoms with van der Waals surface area (Å²) in [5.74, 6) is 2.73. The van der Waals surface area contributed by atoms with Crippen LogP contribution in [-0.2, 0) is 6.42 Å². The van der Waals surface area contributed by atoms with Gasteiger partial charge in [-0.25, -0.2) is 4.98 Å². The van der Waals surface area contributed by atoms with E-state index in [9.17, 15) is 0 Å². The Morgan fingerprint density at radius 3 is 2.59 bits per heavy atom. The minimum atomic E-state index is 0.485. The fraction of sp³-hybridized carbons (Fsp3) is 0.200. The summed E-state index contributed by atoms with van der Waals surface area (Å²) in [6, 6.07) is 15.2. The van der Waals surface area contributed by atoms with Crippen LogP contribution in [0.5, 0.6) is 11.5 Å². The Kier molecular flexibility index (Phi) is 6.33. The molecule has 0 atom stereocenters. The first-order valence-corrected chi connectivity index (χ1v) is 8.87. The molecule has 0 fully saturated rings. The molecule has 0 amide bonds. The molecule has 2 aromatic carbocycles. The largest absolute Gasteiger partial charge is 0.496 e. The lowest BCUT2D eigenvalue weighted by atomic mass is 10.1. The summed E-state index contributed by atoms with van der Waals surface area (Å²) in [5.41, 5.74) is 1.93. The molecule has 0 saturated carbocycles. The van der Waals surface area contributed by atoms with Gasteiger partial charge in [-0.1, -0.05) is 29.8 Å². The summed E-state index contributed by atoms with van der Waals surface area (Å²) in [5, 5.41) is 6.97. The maximum absolute atomic E-state index is 6.15. The van der Waals surface area contributed by atoms with E-state index < -0.39 is 0 Å². The van der Waals surface area contributed by atoms with E-state index in [1.807, 2.05) is 30.3 Å². The van der Waals surface area contributed by atoms with Gasteiger partial charge in [-0.2, -0.15) is 4.98 Å². The van der Waals surface area contributed by atoms with E-state index in [1.165, 1.54) is 0 Å². The Bertz CT molecular complexity index is 905. The number of ether oxygens (including phenoxy) is 2. The van der Waals surface area contributed by atoms with E-state index >= 15 is 0 Å². The monoisotopic (exact) mass is 384 g/mol. The zero-order valence-corrected chi connectivity index (χ0v) is 16.0. The number of benzene rings is 2. The van der Waals surface area contributed by atoms with Crippen LogP contribution in [-0.4, -0.2) is 30.7 Å². The number of methoxy groups -OCH3 is 2. The Labute approximate surface area is 163 Å². The van der Waals surface area contributed by atoms with Crippen molar-refractivity contribution >= 4 is 29.1 Å². The Morgan fingerprint density at radius 1 is 1.00 bits per heavy atom. The van der Waals surface area contributed by atoms with Gasteiger partial charge in [-0.3, -0.25) is 0 Å². The van der Waals surface area contributed by atoms with Crippen molar-refractivity contribution in [2.75, 3.05) is 31.4 Å². The van der Waals surface area contributed by atoms with Crippen LogP contribution < -0.4 is 20.1 Å². The van der Waals surface area contributed by atoms with E-state index in [0.29, 0.717) is 16.7 Å². The zero-order chi connectivity index (χ0) is 19.1. The van der Waals surface area contributed by atoms with Crippen molar-refractivity contribution in [3.63, 3.8) is 0 Å². The normalized spacial score (nSPS) is 10.3. The summed E-state index contributed by atoms with van der Waals surface area (Å²) < 4.78 is 10.5. The van der Waals surface area contributed by atoms with Crippen LogP contribution in [0.15, 0.2) is 54.7 Å². The molecule has 0 aliphatic rings. The van der Waals surface area contributed by atoms with Crippen LogP contribution in [0.2, 0.25) is 5.02 Å². The second-order valence-electron chi connectivity index (χ2n) is 5.73.